The monoisotopic (exact) mass is 398 g/mol. The van der Waals surface area contributed by atoms with E-state index < -0.39 is 0 Å². The molecule has 0 spiro atoms. The van der Waals surface area contributed by atoms with Crippen LogP contribution in [0.15, 0.2) is 24.3 Å². The molecule has 0 aromatic heterocycles. The molecule has 152 valence electrons. The van der Waals surface area contributed by atoms with E-state index in [1.807, 2.05) is 29.2 Å². The smallest absolute Gasteiger partial charge is 0.260 e. The fourth-order valence-corrected chi connectivity index (χ4v) is 3.69. The van der Waals surface area contributed by atoms with Crippen molar-refractivity contribution < 1.29 is 19.0 Å². The molecule has 1 aromatic carbocycles. The van der Waals surface area contributed by atoms with Crippen molar-refractivity contribution in [2.24, 2.45) is 0 Å². The molecule has 0 saturated carbocycles. The van der Waals surface area contributed by atoms with E-state index >= 15 is 0 Å². The zero-order valence-electron chi connectivity index (χ0n) is 16.1. The number of amides is 1. The van der Waals surface area contributed by atoms with Crippen LogP contribution in [0.25, 0.3) is 0 Å². The molecule has 1 aromatic rings. The second kappa shape index (κ2) is 11.4. The highest BCUT2D eigenvalue weighted by Crippen LogP contribution is 2.21. The molecule has 2 saturated heterocycles. The van der Waals surface area contributed by atoms with Gasteiger partial charge in [-0.15, -0.1) is 12.4 Å². The second-order valence-electron chi connectivity index (χ2n) is 6.94. The normalized spacial score (nSPS) is 20.6. The predicted octanol–water partition coefficient (Wildman–Crippen LogP) is 2.60. The molecule has 0 aliphatic carbocycles. The molecule has 7 heteroatoms. The number of morpholine rings is 1. The minimum atomic E-state index is 0. The third kappa shape index (κ3) is 6.55. The number of ether oxygens (including phenoxy) is 3. The lowest BCUT2D eigenvalue weighted by atomic mass is 9.99. The Labute approximate surface area is 168 Å². The number of nitrogens with zero attached hydrogens (tertiary/aromatic N) is 2. The molecule has 2 fully saturated rings. The first-order valence-electron chi connectivity index (χ1n) is 9.62. The van der Waals surface area contributed by atoms with Crippen molar-refractivity contribution in [3.05, 3.63) is 24.3 Å². The van der Waals surface area contributed by atoms with Gasteiger partial charge in [0.1, 0.15) is 11.5 Å². The molecule has 2 aliphatic heterocycles. The number of hydrogen-bond acceptors (Lipinski definition) is 5. The van der Waals surface area contributed by atoms with Gasteiger partial charge >= 0.3 is 0 Å². The summed E-state index contributed by atoms with van der Waals surface area (Å²) in [5.74, 6) is 1.57. The number of halogens is 1. The van der Waals surface area contributed by atoms with Crippen LogP contribution in [0.1, 0.15) is 25.7 Å². The summed E-state index contributed by atoms with van der Waals surface area (Å²) >= 11 is 0. The van der Waals surface area contributed by atoms with E-state index in [0.717, 1.165) is 64.4 Å². The van der Waals surface area contributed by atoms with Gasteiger partial charge in [0.05, 0.1) is 20.3 Å². The lowest BCUT2D eigenvalue weighted by molar-refractivity contribution is -0.137. The lowest BCUT2D eigenvalue weighted by Gasteiger charge is -2.37. The number of carbonyl (C=O) groups excluding carboxylic acids is 1. The van der Waals surface area contributed by atoms with Crippen LogP contribution in [0.5, 0.6) is 11.5 Å². The number of hydrogen-bond donors (Lipinski definition) is 0. The topological polar surface area (TPSA) is 51.2 Å². The Morgan fingerprint density at radius 3 is 2.52 bits per heavy atom. The molecule has 1 unspecified atom stereocenters. The van der Waals surface area contributed by atoms with Crippen molar-refractivity contribution >= 4 is 18.3 Å². The fourth-order valence-electron chi connectivity index (χ4n) is 3.69. The van der Waals surface area contributed by atoms with Crippen molar-refractivity contribution in [1.29, 1.82) is 0 Å². The third-order valence-electron chi connectivity index (χ3n) is 5.25. The van der Waals surface area contributed by atoms with Crippen LogP contribution >= 0.6 is 12.4 Å². The van der Waals surface area contributed by atoms with E-state index in [1.165, 1.54) is 6.42 Å². The quantitative estimate of drug-likeness (QED) is 0.706. The summed E-state index contributed by atoms with van der Waals surface area (Å²) in [7, 11) is 1.63. The minimum Gasteiger partial charge on any atom is -0.497 e. The van der Waals surface area contributed by atoms with Crippen LogP contribution in [0.4, 0.5) is 0 Å². The van der Waals surface area contributed by atoms with E-state index in [2.05, 4.69) is 4.90 Å². The summed E-state index contributed by atoms with van der Waals surface area (Å²) in [5, 5.41) is 0. The summed E-state index contributed by atoms with van der Waals surface area (Å²) in [6.07, 6.45) is 4.42. The SMILES string of the molecule is COc1ccc(OCC(=O)N2CCCCC2CCN2CCOCC2)cc1.Cl. The largest absolute Gasteiger partial charge is 0.497 e. The molecule has 27 heavy (non-hydrogen) atoms. The molecule has 0 radical (unpaired) electrons. The molecular formula is C20H31ClN2O4. The maximum absolute atomic E-state index is 12.7. The van der Waals surface area contributed by atoms with E-state index in [4.69, 9.17) is 14.2 Å². The molecule has 3 rings (SSSR count). The first kappa shape index (κ1) is 21.8. The average molecular weight is 399 g/mol. The number of piperidine rings is 1. The molecule has 0 N–H and O–H groups in total. The van der Waals surface area contributed by atoms with Gasteiger partial charge in [-0.05, 0) is 49.9 Å². The predicted molar refractivity (Wildman–Crippen MR) is 107 cm³/mol. The van der Waals surface area contributed by atoms with Gasteiger partial charge in [-0.25, -0.2) is 0 Å². The summed E-state index contributed by atoms with van der Waals surface area (Å²) < 4.78 is 16.2. The van der Waals surface area contributed by atoms with Crippen molar-refractivity contribution in [3.8, 4) is 11.5 Å². The highest BCUT2D eigenvalue weighted by Gasteiger charge is 2.27. The van der Waals surface area contributed by atoms with Gasteiger partial charge in [0.25, 0.3) is 5.91 Å². The highest BCUT2D eigenvalue weighted by molar-refractivity contribution is 5.85. The van der Waals surface area contributed by atoms with Crippen molar-refractivity contribution in [2.45, 2.75) is 31.7 Å². The summed E-state index contributed by atoms with van der Waals surface area (Å²) in [5.41, 5.74) is 0. The van der Waals surface area contributed by atoms with Crippen LogP contribution < -0.4 is 9.47 Å². The van der Waals surface area contributed by atoms with Crippen LogP contribution in [-0.2, 0) is 9.53 Å². The van der Waals surface area contributed by atoms with E-state index in [-0.39, 0.29) is 24.9 Å². The zero-order valence-corrected chi connectivity index (χ0v) is 16.9. The third-order valence-corrected chi connectivity index (χ3v) is 5.25. The Morgan fingerprint density at radius 2 is 1.81 bits per heavy atom. The highest BCUT2D eigenvalue weighted by atomic mass is 35.5. The maximum Gasteiger partial charge on any atom is 0.260 e. The van der Waals surface area contributed by atoms with Gasteiger partial charge in [-0.2, -0.15) is 0 Å². The first-order valence-corrected chi connectivity index (χ1v) is 9.62. The number of carbonyl (C=O) groups is 1. The van der Waals surface area contributed by atoms with Crippen LogP contribution in [0.2, 0.25) is 0 Å². The molecule has 0 bridgehead atoms. The Kier molecular flexibility index (Phi) is 9.18. The second-order valence-corrected chi connectivity index (χ2v) is 6.94. The standard InChI is InChI=1S/C20H30N2O4.ClH/c1-24-18-5-7-19(8-6-18)26-16-20(23)22-10-3-2-4-17(22)9-11-21-12-14-25-15-13-21;/h5-8,17H,2-4,9-16H2,1H3;1H. The molecule has 2 aliphatic rings. The maximum atomic E-state index is 12.7. The van der Waals surface area contributed by atoms with Crippen molar-refractivity contribution in [3.63, 3.8) is 0 Å². The minimum absolute atomic E-state index is 0. The van der Waals surface area contributed by atoms with Gasteiger partial charge < -0.3 is 19.1 Å². The van der Waals surface area contributed by atoms with E-state index in [9.17, 15) is 4.79 Å². The Hall–Kier alpha value is -1.50. The summed E-state index contributed by atoms with van der Waals surface area (Å²) in [4.78, 5) is 17.2. The van der Waals surface area contributed by atoms with Gasteiger partial charge in [-0.1, -0.05) is 0 Å². The summed E-state index contributed by atoms with van der Waals surface area (Å²) in [6, 6.07) is 7.67. The fraction of sp³-hybridized carbons (Fsp3) is 0.650. The average Bonchev–Trinajstić information content (AvgIpc) is 2.72. The van der Waals surface area contributed by atoms with Crippen LogP contribution in [-0.4, -0.2) is 74.9 Å². The molecule has 6 nitrogen and oxygen atoms in total. The number of likely N-dealkylation sites (tertiary alicyclic amines) is 1. The summed E-state index contributed by atoms with van der Waals surface area (Å²) in [6.45, 7) is 5.63. The van der Waals surface area contributed by atoms with Gasteiger partial charge in [0.15, 0.2) is 6.61 Å². The molecular weight excluding hydrogens is 368 g/mol. The van der Waals surface area contributed by atoms with Gasteiger partial charge in [-0.3, -0.25) is 9.69 Å². The lowest BCUT2D eigenvalue weighted by Crippen LogP contribution is -2.47. The Morgan fingerprint density at radius 1 is 1.11 bits per heavy atom. The molecule has 1 amide bonds. The zero-order chi connectivity index (χ0) is 18.2. The Balaban J connectivity index is 0.00000261. The number of rotatable bonds is 7. The van der Waals surface area contributed by atoms with Crippen molar-refractivity contribution in [2.75, 3.05) is 53.1 Å². The molecule has 1 atom stereocenters. The van der Waals surface area contributed by atoms with Gasteiger partial charge in [0, 0.05) is 32.2 Å². The number of benzene rings is 1. The molecule has 2 heterocycles. The first-order chi connectivity index (χ1) is 12.8. The van der Waals surface area contributed by atoms with Gasteiger partial charge in [0.2, 0.25) is 0 Å². The van der Waals surface area contributed by atoms with E-state index in [0.29, 0.717) is 11.8 Å². The van der Waals surface area contributed by atoms with Crippen LogP contribution in [0, 0.1) is 0 Å². The van der Waals surface area contributed by atoms with Crippen LogP contribution in [0.3, 0.4) is 0 Å². The van der Waals surface area contributed by atoms with E-state index in [1.54, 1.807) is 7.11 Å². The van der Waals surface area contributed by atoms with Crippen molar-refractivity contribution in [1.82, 2.24) is 9.80 Å². The Bertz CT molecular complexity index is 564. The number of methoxy groups -OCH3 is 1.